The first-order valence-corrected chi connectivity index (χ1v) is 12.6. The Balaban J connectivity index is -0.0000000759. The summed E-state index contributed by atoms with van der Waals surface area (Å²) in [6.45, 7) is 0.0849. The van der Waals surface area contributed by atoms with Gasteiger partial charge in [-0.05, 0) is 0 Å². The van der Waals surface area contributed by atoms with Crippen LogP contribution in [0.1, 0.15) is 0 Å². The van der Waals surface area contributed by atoms with Crippen LogP contribution < -0.4 is 29.4 Å². The van der Waals surface area contributed by atoms with Gasteiger partial charge in [-0.25, -0.2) is 0 Å². The van der Waals surface area contributed by atoms with Crippen LogP contribution in [-0.2, 0) is 40.3 Å². The van der Waals surface area contributed by atoms with Crippen molar-refractivity contribution in [1.82, 2.24) is 0 Å². The molecule has 0 aromatic carbocycles. The van der Waals surface area contributed by atoms with Gasteiger partial charge in [-0.3, -0.25) is 12.9 Å². The molecule has 26 heavy (non-hydrogen) atoms. The Bertz CT molecular complexity index is 356. The molecule has 0 aliphatic rings. The normalized spacial score (nSPS) is 16.2. The molecule has 0 bridgehead atoms. The molecule has 156 valence electrons. The summed E-state index contributed by atoms with van der Waals surface area (Å²) in [4.78, 5) is 55.7. The van der Waals surface area contributed by atoms with Crippen LogP contribution in [0, 0.1) is 31.1 Å². The van der Waals surface area contributed by atoms with E-state index in [-0.39, 0.29) is 37.7 Å². The zero-order valence-corrected chi connectivity index (χ0v) is 22.8. The number of halogens is 1. The van der Waals surface area contributed by atoms with E-state index in [4.69, 9.17) is 16.7 Å². The van der Waals surface area contributed by atoms with Crippen molar-refractivity contribution < 1.29 is 106 Å². The molecule has 1 N–H and O–H groups in total. The first-order chi connectivity index (χ1) is 11.3. The average Bonchev–Trinajstić information content (AvgIpc) is 2.35. The minimum absolute atomic E-state index is 0. The fourth-order valence-corrected chi connectivity index (χ4v) is 1.84. The number of hydrogen-bond donors (Lipinski definition) is 1. The molecule has 0 aliphatic carbocycles. The van der Waals surface area contributed by atoms with Crippen LogP contribution in [0.2, 0.25) is 0 Å². The summed E-state index contributed by atoms with van der Waals surface area (Å²) >= 11 is 4.94. The quantitative estimate of drug-likeness (QED) is 0.190. The Morgan fingerprint density at radius 3 is 0.731 bits per heavy atom. The second-order valence-corrected chi connectivity index (χ2v) is 8.05. The molecule has 0 rings (SSSR count). The van der Waals surface area contributed by atoms with Crippen LogP contribution in [-0.4, -0.2) is 17.6 Å². The van der Waals surface area contributed by atoms with Gasteiger partial charge in [-0.15, -0.1) is 11.6 Å². The SMILES string of the molecule is O=[PH]([O-])O[PH](=O)[O-].O=[PH]([O-])O[PH](=O)[O-].O=[PH]([O-])O[PH](=O)[O-].OCCCl.[U+6]. The van der Waals surface area contributed by atoms with Gasteiger partial charge in [-0.2, -0.15) is 0 Å². The molecule has 24 heteroatoms. The largest absolute Gasteiger partial charge is 6.00 e. The number of aliphatic hydroxyl groups excluding tert-OH is 1. The third-order valence-corrected chi connectivity index (χ3v) is 4.75. The maximum Gasteiger partial charge on any atom is 6.00 e. The molecule has 16 nitrogen and oxygen atoms in total. The first-order valence-electron chi connectivity index (χ1n) is 4.76. The van der Waals surface area contributed by atoms with E-state index < -0.39 is 49.5 Å². The molecule has 0 aliphatic heterocycles. The van der Waals surface area contributed by atoms with Crippen LogP contribution in [0.15, 0.2) is 0 Å². The zero-order chi connectivity index (χ0) is 21.0. The van der Waals surface area contributed by atoms with Gasteiger partial charge in [0.25, 0.3) is 0 Å². The van der Waals surface area contributed by atoms with E-state index in [0.29, 0.717) is 5.88 Å². The molecule has 0 radical (unpaired) electrons. The van der Waals surface area contributed by atoms with Crippen LogP contribution in [0.5, 0.6) is 0 Å². The van der Waals surface area contributed by atoms with Gasteiger partial charge in [0, 0.05) is 5.88 Å². The van der Waals surface area contributed by atoms with E-state index in [0.717, 1.165) is 0 Å². The molecule has 0 amide bonds. The maximum absolute atomic E-state index is 9.29. The molecule has 0 saturated heterocycles. The standard InChI is InChI=1S/C2H5ClO.3H4O5P2.U/c3-1-2-4;3*1-6(2)5-7(3)4;/h4H,1-2H2;3*6-7H,(H,1,2)(H,3,4);/q;;;;+6/p-6. The molecule has 0 aromatic heterocycles. The predicted molar refractivity (Wildman–Crippen MR) is 75.1 cm³/mol. The third kappa shape index (κ3) is 71.9. The minimum atomic E-state index is -3.51. The van der Waals surface area contributed by atoms with Crippen LogP contribution in [0.3, 0.4) is 0 Å². The van der Waals surface area contributed by atoms with Crippen LogP contribution in [0.4, 0.5) is 0 Å². The van der Waals surface area contributed by atoms with E-state index >= 15 is 0 Å². The summed E-state index contributed by atoms with van der Waals surface area (Å²) in [5, 5.41) is 7.74. The molecule has 0 aromatic rings. The van der Waals surface area contributed by atoms with E-state index in [9.17, 15) is 56.8 Å². The van der Waals surface area contributed by atoms with Gasteiger partial charge in [0.15, 0.2) is 0 Å². The smallest absolute Gasteiger partial charge is 0.781 e. The van der Waals surface area contributed by atoms with E-state index in [1.54, 1.807) is 0 Å². The van der Waals surface area contributed by atoms with Crippen molar-refractivity contribution in [3.05, 3.63) is 0 Å². The Kier molecular flexibility index (Phi) is 44.1. The Morgan fingerprint density at radius 2 is 0.731 bits per heavy atom. The third-order valence-electron chi connectivity index (χ3n) is 0.585. The van der Waals surface area contributed by atoms with Crippen molar-refractivity contribution in [2.75, 3.05) is 12.5 Å². The molecule has 6 unspecified atom stereocenters. The van der Waals surface area contributed by atoms with E-state index in [1.165, 1.54) is 0 Å². The maximum atomic E-state index is 9.29. The Morgan fingerprint density at radius 1 is 0.615 bits per heavy atom. The van der Waals surface area contributed by atoms with Crippen LogP contribution in [0.25, 0.3) is 0 Å². The van der Waals surface area contributed by atoms with Crippen molar-refractivity contribution >= 4 is 61.1 Å². The van der Waals surface area contributed by atoms with Crippen molar-refractivity contribution in [3.63, 3.8) is 0 Å². The summed E-state index contributed by atoms with van der Waals surface area (Å²) in [5.41, 5.74) is 0. The van der Waals surface area contributed by atoms with E-state index in [2.05, 4.69) is 12.9 Å². The zero-order valence-electron chi connectivity index (χ0n) is 11.9. The van der Waals surface area contributed by atoms with Gasteiger partial charge in [-0.1, -0.05) is 0 Å². The number of rotatable bonds is 7. The predicted octanol–water partition coefficient (Wildman–Crippen LogP) is -4.27. The van der Waals surface area contributed by atoms with Gasteiger partial charge >= 0.3 is 31.1 Å². The molecular formula is C2H11ClO16P6U. The topological polar surface area (TPSA) is 289 Å². The molecule has 6 atom stereocenters. The van der Waals surface area contributed by atoms with Crippen molar-refractivity contribution in [3.8, 4) is 0 Å². The molecule has 0 fully saturated rings. The molecule has 0 heterocycles. The monoisotopic (exact) mass is 750 g/mol. The summed E-state index contributed by atoms with van der Waals surface area (Å²) in [6, 6.07) is 0. The summed E-state index contributed by atoms with van der Waals surface area (Å²) < 4.78 is 65.4. The molecular weight excluding hydrogens is 739 g/mol. The van der Waals surface area contributed by atoms with Gasteiger partial charge in [0.2, 0.25) is 0 Å². The summed E-state index contributed by atoms with van der Waals surface area (Å²) in [5.74, 6) is 0.347. The number of aliphatic hydroxyl groups is 1. The van der Waals surface area contributed by atoms with Gasteiger partial charge in [0.1, 0.15) is 49.5 Å². The fourth-order valence-electron chi connectivity index (χ4n) is 0.204. The molecule has 0 saturated carbocycles. The first kappa shape index (κ1) is 38.9. The minimum Gasteiger partial charge on any atom is -0.781 e. The average molecular weight is 750 g/mol. The second-order valence-electron chi connectivity index (χ2n) is 2.22. The molecule has 0 spiro atoms. The van der Waals surface area contributed by atoms with E-state index in [1.807, 2.05) is 0 Å². The number of hydrogen-bond acceptors (Lipinski definition) is 16. The van der Waals surface area contributed by atoms with Crippen LogP contribution >= 0.6 is 61.1 Å². The van der Waals surface area contributed by atoms with Gasteiger partial charge < -0.3 is 61.9 Å². The van der Waals surface area contributed by atoms with Crippen molar-refractivity contribution in [1.29, 1.82) is 0 Å². The van der Waals surface area contributed by atoms with Crippen molar-refractivity contribution in [2.45, 2.75) is 0 Å². The summed E-state index contributed by atoms with van der Waals surface area (Å²) in [7, 11) is -21.1. The fraction of sp³-hybridized carbons (Fsp3) is 1.00. The second kappa shape index (κ2) is 29.5. The Hall–Kier alpha value is 2.32. The Labute approximate surface area is 178 Å². The summed E-state index contributed by atoms with van der Waals surface area (Å²) in [6.07, 6.45) is 0. The number of alkyl halides is 1. The van der Waals surface area contributed by atoms with Crippen molar-refractivity contribution in [2.24, 2.45) is 0 Å². The van der Waals surface area contributed by atoms with Gasteiger partial charge in [0.05, 0.1) is 6.61 Å².